The molecule has 0 fully saturated rings. The molecule has 1 amide bonds. The molecule has 3 N–H and O–H groups in total. The lowest BCUT2D eigenvalue weighted by Crippen LogP contribution is -2.36. The summed E-state index contributed by atoms with van der Waals surface area (Å²) in [5.41, 5.74) is 2.79. The van der Waals surface area contributed by atoms with Gasteiger partial charge in [0.05, 0.1) is 23.8 Å². The second-order valence-electron chi connectivity index (χ2n) is 5.85. The molecule has 8 heteroatoms. The van der Waals surface area contributed by atoms with Crippen LogP contribution >= 0.6 is 35.3 Å². The number of amides is 1. The molecule has 0 saturated carbocycles. The number of nitrogens with one attached hydrogen (secondary N) is 3. The van der Waals surface area contributed by atoms with E-state index in [1.165, 1.54) is 4.88 Å². The number of aromatic nitrogens is 1. The minimum Gasteiger partial charge on any atom is -0.357 e. The topological polar surface area (TPSA) is 78.4 Å². The van der Waals surface area contributed by atoms with E-state index in [1.54, 1.807) is 11.3 Å². The Morgan fingerprint density at radius 1 is 1.07 bits per heavy atom. The van der Waals surface area contributed by atoms with Crippen LogP contribution in [0.1, 0.15) is 45.3 Å². The van der Waals surface area contributed by atoms with Crippen LogP contribution in [0, 0.1) is 13.8 Å². The average Bonchev–Trinajstić information content (AvgIpc) is 2.95. The summed E-state index contributed by atoms with van der Waals surface area (Å²) in [5.74, 6) is 0.721. The Morgan fingerprint density at radius 3 is 2.30 bits per heavy atom. The fourth-order valence-corrected chi connectivity index (χ4v) is 3.31. The van der Waals surface area contributed by atoms with Gasteiger partial charge < -0.3 is 16.0 Å². The lowest BCUT2D eigenvalue weighted by Gasteiger charge is -2.11. The predicted octanol–water partition coefficient (Wildman–Crippen LogP) is 3.38. The molecular weight excluding hydrogens is 473 g/mol. The summed E-state index contributed by atoms with van der Waals surface area (Å²) < 4.78 is 0. The Morgan fingerprint density at radius 2 is 1.74 bits per heavy atom. The second-order valence-corrected chi connectivity index (χ2v) is 7.13. The maximum atomic E-state index is 11.8. The van der Waals surface area contributed by atoms with Gasteiger partial charge in [-0.15, -0.1) is 35.3 Å². The number of benzene rings is 1. The van der Waals surface area contributed by atoms with Gasteiger partial charge in [-0.05, 0) is 45.4 Å². The number of carbonyl (C=O) groups excluding carboxylic acids is 1. The van der Waals surface area contributed by atoms with Crippen LogP contribution < -0.4 is 16.0 Å². The number of aliphatic imine (C=N–C) groups is 1. The third-order valence-electron chi connectivity index (χ3n) is 3.73. The van der Waals surface area contributed by atoms with E-state index in [1.807, 2.05) is 52.0 Å². The van der Waals surface area contributed by atoms with Crippen LogP contribution in [-0.2, 0) is 13.1 Å². The molecule has 2 rings (SSSR count). The Kier molecular flexibility index (Phi) is 10.3. The predicted molar refractivity (Wildman–Crippen MR) is 123 cm³/mol. The summed E-state index contributed by atoms with van der Waals surface area (Å²) in [4.78, 5) is 22.1. The zero-order chi connectivity index (χ0) is 18.9. The third-order valence-corrected chi connectivity index (χ3v) is 4.81. The largest absolute Gasteiger partial charge is 0.357 e. The molecule has 0 aliphatic carbocycles. The molecule has 148 valence electrons. The molecule has 0 unspecified atom stereocenters. The third kappa shape index (κ3) is 7.45. The molecule has 6 nitrogen and oxygen atoms in total. The molecule has 0 saturated heterocycles. The zero-order valence-electron chi connectivity index (χ0n) is 16.3. The first-order valence-corrected chi connectivity index (χ1v) is 9.67. The van der Waals surface area contributed by atoms with Crippen LogP contribution in [-0.4, -0.2) is 29.9 Å². The summed E-state index contributed by atoms with van der Waals surface area (Å²) >= 11 is 1.70. The second kappa shape index (κ2) is 11.9. The molecule has 1 aromatic heterocycles. The maximum Gasteiger partial charge on any atom is 0.251 e. The molecule has 0 aliphatic heterocycles. The molecule has 0 bridgehead atoms. The highest BCUT2D eigenvalue weighted by Crippen LogP contribution is 2.16. The standard InChI is InChI=1S/C19H27N5OS.HI/c1-5-20-18(25)16-9-7-15(8-10-16)11-22-19(21-6-2)23-12-17-13(3)24-14(4)26-17;/h7-10H,5-6,11-12H2,1-4H3,(H,20,25)(H2,21,22,23);1H. The number of hydrogen-bond donors (Lipinski definition) is 3. The van der Waals surface area contributed by atoms with E-state index >= 15 is 0 Å². The van der Waals surface area contributed by atoms with Gasteiger partial charge in [-0.2, -0.15) is 0 Å². The number of rotatable bonds is 7. The molecule has 0 spiro atoms. The summed E-state index contributed by atoms with van der Waals surface area (Å²) in [5, 5.41) is 10.5. The lowest BCUT2D eigenvalue weighted by molar-refractivity contribution is 0.0956. The fourth-order valence-electron chi connectivity index (χ4n) is 2.44. The molecule has 0 aliphatic rings. The zero-order valence-corrected chi connectivity index (χ0v) is 19.4. The van der Waals surface area contributed by atoms with Crippen LogP contribution in [0.15, 0.2) is 29.3 Å². The number of halogens is 1. The van der Waals surface area contributed by atoms with E-state index in [2.05, 4.69) is 25.9 Å². The monoisotopic (exact) mass is 501 g/mol. The van der Waals surface area contributed by atoms with Crippen molar-refractivity contribution in [3.05, 3.63) is 51.0 Å². The van der Waals surface area contributed by atoms with Crippen molar-refractivity contribution in [1.82, 2.24) is 20.9 Å². The molecule has 0 radical (unpaired) electrons. The van der Waals surface area contributed by atoms with Crippen LogP contribution in [0.25, 0.3) is 0 Å². The van der Waals surface area contributed by atoms with Crippen molar-refractivity contribution in [3.8, 4) is 0 Å². The van der Waals surface area contributed by atoms with Gasteiger partial charge in [0.1, 0.15) is 0 Å². The summed E-state index contributed by atoms with van der Waals surface area (Å²) in [6, 6.07) is 7.54. The van der Waals surface area contributed by atoms with E-state index in [0.29, 0.717) is 25.2 Å². The fraction of sp³-hybridized carbons (Fsp3) is 0.421. The van der Waals surface area contributed by atoms with Crippen LogP contribution in [0.2, 0.25) is 0 Å². The minimum atomic E-state index is -0.0484. The van der Waals surface area contributed by atoms with Crippen molar-refractivity contribution >= 4 is 47.2 Å². The number of thiazole rings is 1. The Balaban J connectivity index is 0.00000364. The van der Waals surface area contributed by atoms with Crippen molar-refractivity contribution in [2.24, 2.45) is 4.99 Å². The van der Waals surface area contributed by atoms with E-state index in [0.717, 1.165) is 28.8 Å². The van der Waals surface area contributed by atoms with Crippen LogP contribution in [0.3, 0.4) is 0 Å². The normalized spacial score (nSPS) is 10.9. The van der Waals surface area contributed by atoms with Gasteiger partial charge in [-0.3, -0.25) is 4.79 Å². The highest BCUT2D eigenvalue weighted by atomic mass is 127. The molecular formula is C19H28IN5OS. The molecule has 1 heterocycles. The van der Waals surface area contributed by atoms with Crippen molar-refractivity contribution in [3.63, 3.8) is 0 Å². The summed E-state index contributed by atoms with van der Waals surface area (Å²) in [6.45, 7) is 10.7. The molecule has 2 aromatic rings. The van der Waals surface area contributed by atoms with E-state index in [4.69, 9.17) is 0 Å². The van der Waals surface area contributed by atoms with Gasteiger partial charge in [0.25, 0.3) is 5.91 Å². The first-order valence-electron chi connectivity index (χ1n) is 8.85. The first-order chi connectivity index (χ1) is 12.5. The van der Waals surface area contributed by atoms with Gasteiger partial charge >= 0.3 is 0 Å². The van der Waals surface area contributed by atoms with Crippen molar-refractivity contribution in [2.45, 2.75) is 40.8 Å². The lowest BCUT2D eigenvalue weighted by atomic mass is 10.1. The van der Waals surface area contributed by atoms with Gasteiger partial charge in [0, 0.05) is 23.5 Å². The summed E-state index contributed by atoms with van der Waals surface area (Å²) in [6.07, 6.45) is 0. The minimum absolute atomic E-state index is 0. The quantitative estimate of drug-likeness (QED) is 0.309. The maximum absolute atomic E-state index is 11.8. The van der Waals surface area contributed by atoms with Crippen LogP contribution in [0.5, 0.6) is 0 Å². The van der Waals surface area contributed by atoms with Crippen molar-refractivity contribution < 1.29 is 4.79 Å². The number of carbonyl (C=O) groups is 1. The number of guanidine groups is 1. The summed E-state index contributed by atoms with van der Waals surface area (Å²) in [7, 11) is 0. The average molecular weight is 501 g/mol. The van der Waals surface area contributed by atoms with Crippen molar-refractivity contribution in [2.75, 3.05) is 13.1 Å². The van der Waals surface area contributed by atoms with E-state index in [-0.39, 0.29) is 29.9 Å². The molecule has 27 heavy (non-hydrogen) atoms. The molecule has 1 aromatic carbocycles. The van der Waals surface area contributed by atoms with Crippen LogP contribution in [0.4, 0.5) is 0 Å². The van der Waals surface area contributed by atoms with Gasteiger partial charge in [0.2, 0.25) is 0 Å². The smallest absolute Gasteiger partial charge is 0.251 e. The highest BCUT2D eigenvalue weighted by Gasteiger charge is 2.06. The SMILES string of the molecule is CCNC(=O)c1ccc(CN=C(NCC)NCc2sc(C)nc2C)cc1.I. The number of nitrogens with zero attached hydrogens (tertiary/aromatic N) is 2. The Bertz CT molecular complexity index is 758. The first kappa shape index (κ1) is 23.4. The van der Waals surface area contributed by atoms with Gasteiger partial charge in [-0.25, -0.2) is 9.98 Å². The number of aryl methyl sites for hydroxylation is 2. The number of hydrogen-bond acceptors (Lipinski definition) is 4. The Labute approximate surface area is 182 Å². The molecule has 0 atom stereocenters. The van der Waals surface area contributed by atoms with E-state index in [9.17, 15) is 4.79 Å². The Hall–Kier alpha value is -1.68. The highest BCUT2D eigenvalue weighted by molar-refractivity contribution is 14.0. The van der Waals surface area contributed by atoms with E-state index < -0.39 is 0 Å². The van der Waals surface area contributed by atoms with Crippen molar-refractivity contribution in [1.29, 1.82) is 0 Å². The van der Waals surface area contributed by atoms with Gasteiger partial charge in [0.15, 0.2) is 5.96 Å². The van der Waals surface area contributed by atoms with Gasteiger partial charge in [-0.1, -0.05) is 12.1 Å².